The molecule has 2 amide bonds. The first-order chi connectivity index (χ1) is 15.9. The van der Waals surface area contributed by atoms with E-state index in [0.29, 0.717) is 17.2 Å². The number of anilines is 3. The van der Waals surface area contributed by atoms with Gasteiger partial charge in [-0.3, -0.25) is 9.59 Å². The van der Waals surface area contributed by atoms with Crippen molar-refractivity contribution in [2.75, 3.05) is 16.0 Å². The van der Waals surface area contributed by atoms with Crippen molar-refractivity contribution in [3.8, 4) is 0 Å². The Hall–Kier alpha value is -3.85. The largest absolute Gasteiger partial charge is 0.368 e. The van der Waals surface area contributed by atoms with Gasteiger partial charge in [0.05, 0.1) is 27.9 Å². The lowest BCUT2D eigenvalue weighted by Gasteiger charge is -2.34. The number of nitrogens with two attached hydrogens (primary N) is 1. The minimum absolute atomic E-state index is 0.0193. The first-order valence-corrected chi connectivity index (χ1v) is 11.5. The van der Waals surface area contributed by atoms with Gasteiger partial charge in [-0.05, 0) is 49.6 Å². The molecule has 2 aliphatic rings. The average molecular weight is 457 g/mol. The number of benzene rings is 2. The molecule has 164 valence electrons. The average Bonchev–Trinajstić information content (AvgIpc) is 3.49. The number of aryl methyl sites for hydroxylation is 1. The number of aromatic nitrogens is 3. The summed E-state index contributed by atoms with van der Waals surface area (Å²) in [7, 11) is 0. The number of rotatable bonds is 3. The van der Waals surface area contributed by atoms with Crippen LogP contribution in [-0.4, -0.2) is 26.8 Å². The number of nitrogens with zero attached hydrogens (tertiary/aromatic N) is 4. The van der Waals surface area contributed by atoms with Crippen LogP contribution in [-0.2, 0) is 16.8 Å². The van der Waals surface area contributed by atoms with E-state index in [1.54, 1.807) is 11.1 Å². The summed E-state index contributed by atoms with van der Waals surface area (Å²) in [5.41, 5.74) is 9.95. The van der Waals surface area contributed by atoms with Crippen LogP contribution in [0, 0.1) is 6.92 Å². The summed E-state index contributed by atoms with van der Waals surface area (Å²) in [6, 6.07) is 13.2. The molecule has 1 saturated carbocycles. The van der Waals surface area contributed by atoms with Crippen LogP contribution in [0.25, 0.3) is 10.2 Å². The van der Waals surface area contributed by atoms with Crippen LogP contribution < -0.4 is 16.0 Å². The van der Waals surface area contributed by atoms with Crippen LogP contribution in [0.2, 0.25) is 0 Å². The van der Waals surface area contributed by atoms with E-state index in [1.165, 1.54) is 11.3 Å². The quantitative estimate of drug-likeness (QED) is 0.485. The SMILES string of the molecule is Cc1ccc(NC(=O)c2nc3ccccc3s2)cc1N1Cc2cnc(N)nc2C2(CC2)C1=O. The fraction of sp³-hybridized carbons (Fsp3) is 0.208. The molecule has 0 bridgehead atoms. The molecule has 33 heavy (non-hydrogen) atoms. The van der Waals surface area contributed by atoms with Gasteiger partial charge >= 0.3 is 0 Å². The topological polar surface area (TPSA) is 114 Å². The Balaban J connectivity index is 1.32. The van der Waals surface area contributed by atoms with E-state index >= 15 is 0 Å². The summed E-state index contributed by atoms with van der Waals surface area (Å²) in [6.07, 6.45) is 3.21. The van der Waals surface area contributed by atoms with Crippen molar-refractivity contribution in [2.45, 2.75) is 31.7 Å². The van der Waals surface area contributed by atoms with Gasteiger partial charge in [0, 0.05) is 23.1 Å². The predicted octanol–water partition coefficient (Wildman–Crippen LogP) is 3.81. The third-order valence-electron chi connectivity index (χ3n) is 6.32. The van der Waals surface area contributed by atoms with E-state index < -0.39 is 5.41 Å². The van der Waals surface area contributed by atoms with Crippen molar-refractivity contribution in [2.24, 2.45) is 0 Å². The Labute approximate surface area is 193 Å². The molecular weight excluding hydrogens is 436 g/mol. The summed E-state index contributed by atoms with van der Waals surface area (Å²) in [6.45, 7) is 2.32. The fourth-order valence-electron chi connectivity index (χ4n) is 4.45. The maximum absolute atomic E-state index is 13.5. The van der Waals surface area contributed by atoms with Gasteiger partial charge < -0.3 is 16.0 Å². The van der Waals surface area contributed by atoms with Crippen LogP contribution in [0.15, 0.2) is 48.7 Å². The number of carbonyl (C=O) groups excluding carboxylic acids is 2. The predicted molar refractivity (Wildman–Crippen MR) is 127 cm³/mol. The molecule has 2 aromatic heterocycles. The van der Waals surface area contributed by atoms with Gasteiger partial charge in [-0.2, -0.15) is 0 Å². The van der Waals surface area contributed by atoms with Gasteiger partial charge in [-0.15, -0.1) is 11.3 Å². The summed E-state index contributed by atoms with van der Waals surface area (Å²) >= 11 is 1.35. The van der Waals surface area contributed by atoms with Gasteiger partial charge in [0.2, 0.25) is 11.9 Å². The van der Waals surface area contributed by atoms with Gasteiger partial charge in [0.25, 0.3) is 5.91 Å². The number of thiazole rings is 1. The molecule has 1 aliphatic heterocycles. The Bertz CT molecular complexity index is 1430. The van der Waals surface area contributed by atoms with Gasteiger partial charge in [0.15, 0.2) is 5.01 Å². The van der Waals surface area contributed by atoms with E-state index in [4.69, 9.17) is 5.73 Å². The third-order valence-corrected chi connectivity index (χ3v) is 7.35. The van der Waals surface area contributed by atoms with Crippen molar-refractivity contribution in [3.63, 3.8) is 0 Å². The van der Waals surface area contributed by atoms with Crippen LogP contribution in [0.5, 0.6) is 0 Å². The monoisotopic (exact) mass is 456 g/mol. The number of hydrogen-bond acceptors (Lipinski definition) is 7. The smallest absolute Gasteiger partial charge is 0.284 e. The summed E-state index contributed by atoms with van der Waals surface area (Å²) in [5, 5.41) is 3.33. The zero-order valence-electron chi connectivity index (χ0n) is 17.8. The van der Waals surface area contributed by atoms with Gasteiger partial charge in [0.1, 0.15) is 0 Å². The summed E-state index contributed by atoms with van der Waals surface area (Å²) in [5.74, 6) is -0.0632. The Morgan fingerprint density at radius 3 is 2.79 bits per heavy atom. The second kappa shape index (κ2) is 7.08. The van der Waals surface area contributed by atoms with Crippen LogP contribution >= 0.6 is 11.3 Å². The fourth-order valence-corrected chi connectivity index (χ4v) is 5.32. The summed E-state index contributed by atoms with van der Waals surface area (Å²) in [4.78, 5) is 41.1. The van der Waals surface area contributed by atoms with Crippen molar-refractivity contribution in [3.05, 3.63) is 70.5 Å². The molecular formula is C24H20N6O2S. The second-order valence-electron chi connectivity index (χ2n) is 8.52. The zero-order chi connectivity index (χ0) is 22.7. The normalized spacial score (nSPS) is 16.2. The highest BCUT2D eigenvalue weighted by atomic mass is 32.1. The van der Waals surface area contributed by atoms with E-state index in [2.05, 4.69) is 20.3 Å². The molecule has 6 rings (SSSR count). The lowest BCUT2D eigenvalue weighted by Crippen LogP contribution is -2.45. The van der Waals surface area contributed by atoms with Crippen molar-refractivity contribution in [1.29, 1.82) is 0 Å². The van der Waals surface area contributed by atoms with Crippen LogP contribution in [0.4, 0.5) is 17.3 Å². The van der Waals surface area contributed by atoms with E-state index in [1.807, 2.05) is 49.4 Å². The Kier molecular flexibility index (Phi) is 4.25. The van der Waals surface area contributed by atoms with Crippen molar-refractivity contribution >= 4 is 50.7 Å². The first kappa shape index (κ1) is 19.8. The minimum atomic E-state index is -0.614. The first-order valence-electron chi connectivity index (χ1n) is 10.7. The highest BCUT2D eigenvalue weighted by Gasteiger charge is 2.58. The number of hydrogen-bond donors (Lipinski definition) is 2. The van der Waals surface area contributed by atoms with E-state index in [0.717, 1.165) is 45.6 Å². The molecule has 1 spiro atoms. The van der Waals surface area contributed by atoms with Crippen molar-refractivity contribution in [1.82, 2.24) is 15.0 Å². The molecule has 4 aromatic rings. The molecule has 0 saturated heterocycles. The molecule has 0 atom stereocenters. The molecule has 0 unspecified atom stereocenters. The van der Waals surface area contributed by atoms with E-state index in [-0.39, 0.29) is 17.8 Å². The number of nitrogen functional groups attached to an aromatic ring is 1. The highest BCUT2D eigenvalue weighted by Crippen LogP contribution is 2.53. The Morgan fingerprint density at radius 2 is 2.00 bits per heavy atom. The maximum atomic E-state index is 13.5. The standard InChI is InChI=1S/C24H20N6O2S/c1-13-6-7-15(27-20(31)21-28-16-4-2-3-5-18(16)33-21)10-17(13)30-12-14-11-26-23(25)29-19(14)24(8-9-24)22(30)32/h2-7,10-11H,8-9,12H2,1H3,(H,27,31)(H2,25,26,29). The van der Waals surface area contributed by atoms with Gasteiger partial charge in [-0.1, -0.05) is 18.2 Å². The molecule has 3 heterocycles. The highest BCUT2D eigenvalue weighted by molar-refractivity contribution is 7.20. The van der Waals surface area contributed by atoms with Crippen molar-refractivity contribution < 1.29 is 9.59 Å². The number of amides is 2. The summed E-state index contributed by atoms with van der Waals surface area (Å²) < 4.78 is 0.961. The van der Waals surface area contributed by atoms with Crippen LogP contribution in [0.1, 0.15) is 39.5 Å². The lowest BCUT2D eigenvalue weighted by atomic mass is 9.91. The van der Waals surface area contributed by atoms with Gasteiger partial charge in [-0.25, -0.2) is 15.0 Å². The lowest BCUT2D eigenvalue weighted by molar-refractivity contribution is -0.121. The third kappa shape index (κ3) is 3.15. The minimum Gasteiger partial charge on any atom is -0.368 e. The zero-order valence-corrected chi connectivity index (χ0v) is 18.6. The molecule has 2 aromatic carbocycles. The molecule has 0 radical (unpaired) electrons. The van der Waals surface area contributed by atoms with E-state index in [9.17, 15) is 9.59 Å². The maximum Gasteiger partial charge on any atom is 0.284 e. The number of fused-ring (bicyclic) bond motifs is 3. The number of carbonyl (C=O) groups is 2. The second-order valence-corrected chi connectivity index (χ2v) is 9.55. The Morgan fingerprint density at radius 1 is 1.18 bits per heavy atom. The molecule has 1 aliphatic carbocycles. The van der Waals surface area contributed by atoms with Crippen LogP contribution in [0.3, 0.4) is 0 Å². The number of para-hydroxylation sites is 1. The molecule has 9 heteroatoms. The molecule has 8 nitrogen and oxygen atoms in total. The number of nitrogens with one attached hydrogen (secondary N) is 1. The molecule has 3 N–H and O–H groups in total. The molecule has 1 fully saturated rings.